The van der Waals surface area contributed by atoms with Crippen LogP contribution in [0.15, 0.2) is 30.2 Å². The Kier molecular flexibility index (Phi) is 3.92. The van der Waals surface area contributed by atoms with Crippen LogP contribution in [0.5, 0.6) is 0 Å². The summed E-state index contributed by atoms with van der Waals surface area (Å²) in [4.78, 5) is 9.91. The topological polar surface area (TPSA) is 56.3 Å². The Morgan fingerprint density at radius 2 is 2.18 bits per heavy atom. The molecule has 0 bridgehead atoms. The maximum Gasteiger partial charge on any atom is 0.433 e. The van der Waals surface area contributed by atoms with E-state index in [9.17, 15) is 10.1 Å². The van der Waals surface area contributed by atoms with Crippen molar-refractivity contribution in [3.63, 3.8) is 0 Å². The summed E-state index contributed by atoms with van der Waals surface area (Å²) in [7, 11) is 0. The summed E-state index contributed by atoms with van der Waals surface area (Å²) >= 11 is 14.4. The lowest BCUT2D eigenvalue weighted by molar-refractivity contribution is -0.402. The van der Waals surface area contributed by atoms with Crippen LogP contribution in [0, 0.1) is 10.1 Å². The molecule has 0 aliphatic rings. The molecule has 0 aliphatic heterocycles. The molecule has 1 unspecified atom stereocenters. The molecular weight excluding hydrogens is 397 g/mol. The van der Waals surface area contributed by atoms with Crippen molar-refractivity contribution in [3.05, 3.63) is 47.2 Å². The molecule has 0 N–H and O–H groups in total. The van der Waals surface area contributed by atoms with E-state index in [0.29, 0.717) is 5.76 Å². The molecule has 0 aromatic carbocycles. The number of alkyl halides is 1. The average Bonchev–Trinajstić information content (AvgIpc) is 2.84. The van der Waals surface area contributed by atoms with Gasteiger partial charge in [0.05, 0.1) is 13.6 Å². The van der Waals surface area contributed by atoms with Crippen molar-refractivity contribution in [2.75, 3.05) is 0 Å². The van der Waals surface area contributed by atoms with Crippen molar-refractivity contribution in [1.29, 1.82) is 0 Å². The third-order valence-electron chi connectivity index (χ3n) is 2.00. The van der Waals surface area contributed by atoms with Crippen LogP contribution >= 0.6 is 54.8 Å². The van der Waals surface area contributed by atoms with Crippen molar-refractivity contribution in [1.82, 2.24) is 0 Å². The Morgan fingerprint density at radius 3 is 2.65 bits per heavy atom. The van der Waals surface area contributed by atoms with E-state index in [4.69, 9.17) is 16.0 Å². The van der Waals surface area contributed by atoms with E-state index >= 15 is 0 Å². The van der Waals surface area contributed by atoms with Gasteiger partial charge in [0.25, 0.3) is 0 Å². The number of nitrogens with zero attached hydrogens (tertiary/aromatic N) is 1. The molecule has 0 radical (unpaired) electrons. The fraction of sp³-hybridized carbons (Fsp3) is 0.111. The number of rotatable bonds is 3. The van der Waals surface area contributed by atoms with Gasteiger partial charge in [-0.2, -0.15) is 0 Å². The van der Waals surface area contributed by atoms with Gasteiger partial charge in [0.15, 0.2) is 0 Å². The van der Waals surface area contributed by atoms with Crippen LogP contribution in [0.25, 0.3) is 0 Å². The lowest BCUT2D eigenvalue weighted by Gasteiger charge is -2.03. The zero-order chi connectivity index (χ0) is 12.6. The molecule has 90 valence electrons. The molecule has 0 saturated carbocycles. The minimum Gasteiger partial charge on any atom is -0.404 e. The number of halogens is 3. The Morgan fingerprint density at radius 1 is 1.47 bits per heavy atom. The van der Waals surface area contributed by atoms with E-state index in [-0.39, 0.29) is 5.88 Å². The molecule has 1 atom stereocenters. The van der Waals surface area contributed by atoms with Gasteiger partial charge in [0, 0.05) is 5.56 Å². The van der Waals surface area contributed by atoms with Gasteiger partial charge in [-0.05, 0) is 44.0 Å². The van der Waals surface area contributed by atoms with Crippen LogP contribution in [-0.2, 0) is 0 Å². The van der Waals surface area contributed by atoms with Gasteiger partial charge in [-0.3, -0.25) is 10.1 Å². The van der Waals surface area contributed by atoms with Crippen LogP contribution in [0.3, 0.4) is 0 Å². The molecule has 0 saturated heterocycles. The van der Waals surface area contributed by atoms with E-state index in [2.05, 4.69) is 31.9 Å². The second kappa shape index (κ2) is 5.09. The Bertz CT molecular complexity index is 568. The zero-order valence-electron chi connectivity index (χ0n) is 8.02. The van der Waals surface area contributed by atoms with Gasteiger partial charge in [-0.1, -0.05) is 0 Å². The molecular formula is C9H4Br2ClNO3S. The van der Waals surface area contributed by atoms with Crippen LogP contribution in [-0.4, -0.2) is 4.92 Å². The molecule has 0 spiro atoms. The van der Waals surface area contributed by atoms with E-state index in [1.165, 1.54) is 23.5 Å². The summed E-state index contributed by atoms with van der Waals surface area (Å²) in [5.41, 5.74) is 0.813. The monoisotopic (exact) mass is 399 g/mol. The SMILES string of the molecule is O=[N+]([O-])c1ccc(C(Cl)c2cc(Br)sc2Br)o1. The fourth-order valence-corrected chi connectivity index (χ4v) is 4.64. The highest BCUT2D eigenvalue weighted by Gasteiger charge is 2.22. The number of hydrogen-bond donors (Lipinski definition) is 0. The van der Waals surface area contributed by atoms with Crippen LogP contribution in [0.2, 0.25) is 0 Å². The number of thiophene rings is 1. The first-order chi connectivity index (χ1) is 7.99. The van der Waals surface area contributed by atoms with Crippen molar-refractivity contribution >= 4 is 60.7 Å². The average molecular weight is 401 g/mol. The standard InChI is InChI=1S/C9H4Br2ClNO3S/c10-6-3-4(9(11)17-6)8(12)5-1-2-7(16-5)13(14)15/h1-3,8H. The predicted octanol–water partition coefficient (Wildman–Crippen LogP) is 5.10. The number of hydrogen-bond acceptors (Lipinski definition) is 4. The van der Waals surface area contributed by atoms with Crippen molar-refractivity contribution < 1.29 is 9.34 Å². The quantitative estimate of drug-likeness (QED) is 0.408. The van der Waals surface area contributed by atoms with Crippen molar-refractivity contribution in [3.8, 4) is 0 Å². The summed E-state index contributed by atoms with van der Waals surface area (Å²) < 4.78 is 6.85. The Balaban J connectivity index is 2.33. The summed E-state index contributed by atoms with van der Waals surface area (Å²) in [6.07, 6.45) is 0. The highest BCUT2D eigenvalue weighted by Crippen LogP contribution is 2.41. The van der Waals surface area contributed by atoms with Gasteiger partial charge >= 0.3 is 5.88 Å². The van der Waals surface area contributed by atoms with E-state index < -0.39 is 10.3 Å². The molecule has 4 nitrogen and oxygen atoms in total. The fourth-order valence-electron chi connectivity index (χ4n) is 1.26. The smallest absolute Gasteiger partial charge is 0.404 e. The highest BCUT2D eigenvalue weighted by atomic mass is 79.9. The third-order valence-corrected chi connectivity index (χ3v) is 4.83. The van der Waals surface area contributed by atoms with Gasteiger partial charge in [0.1, 0.15) is 16.1 Å². The van der Waals surface area contributed by atoms with Crippen molar-refractivity contribution in [2.45, 2.75) is 5.38 Å². The van der Waals surface area contributed by atoms with E-state index in [1.54, 1.807) is 0 Å². The Labute approximate surface area is 122 Å². The number of furan rings is 1. The molecule has 0 aliphatic carbocycles. The van der Waals surface area contributed by atoms with Gasteiger partial charge in [0.2, 0.25) is 0 Å². The normalized spacial score (nSPS) is 12.6. The second-order valence-electron chi connectivity index (χ2n) is 3.08. The molecule has 0 fully saturated rings. The highest BCUT2D eigenvalue weighted by molar-refractivity contribution is 9.12. The zero-order valence-corrected chi connectivity index (χ0v) is 12.8. The van der Waals surface area contributed by atoms with Gasteiger partial charge in [-0.15, -0.1) is 22.9 Å². The summed E-state index contributed by atoms with van der Waals surface area (Å²) in [5, 5.41) is 9.94. The molecule has 2 aromatic rings. The first-order valence-corrected chi connectivity index (χ1v) is 7.16. The second-order valence-corrected chi connectivity index (χ2v) is 7.26. The first kappa shape index (κ1) is 13.1. The molecule has 8 heteroatoms. The minimum absolute atomic E-state index is 0.309. The molecule has 2 rings (SSSR count). The maximum atomic E-state index is 10.5. The van der Waals surface area contributed by atoms with E-state index in [1.807, 2.05) is 6.07 Å². The molecule has 2 aromatic heterocycles. The lowest BCUT2D eigenvalue weighted by Crippen LogP contribution is -1.89. The molecule has 2 heterocycles. The Hall–Kier alpha value is -0.370. The lowest BCUT2D eigenvalue weighted by atomic mass is 10.2. The minimum atomic E-state index is -0.592. The van der Waals surface area contributed by atoms with Crippen molar-refractivity contribution in [2.24, 2.45) is 0 Å². The summed E-state index contributed by atoms with van der Waals surface area (Å²) in [5.74, 6) is 0.0421. The van der Waals surface area contributed by atoms with Gasteiger partial charge < -0.3 is 4.42 Å². The molecule has 0 amide bonds. The first-order valence-electron chi connectivity index (χ1n) is 4.32. The predicted molar refractivity (Wildman–Crippen MR) is 72.8 cm³/mol. The van der Waals surface area contributed by atoms with Gasteiger partial charge in [-0.25, -0.2) is 0 Å². The number of nitro groups is 1. The maximum absolute atomic E-state index is 10.5. The summed E-state index contributed by atoms with van der Waals surface area (Å²) in [6, 6.07) is 4.65. The molecule has 17 heavy (non-hydrogen) atoms. The van der Waals surface area contributed by atoms with Crippen LogP contribution in [0.1, 0.15) is 16.7 Å². The van der Waals surface area contributed by atoms with E-state index in [0.717, 1.165) is 13.1 Å². The largest absolute Gasteiger partial charge is 0.433 e. The summed E-state index contributed by atoms with van der Waals surface area (Å²) in [6.45, 7) is 0. The third kappa shape index (κ3) is 2.73. The van der Waals surface area contributed by atoms with Crippen LogP contribution < -0.4 is 0 Å². The van der Waals surface area contributed by atoms with Crippen LogP contribution in [0.4, 0.5) is 5.88 Å².